The smallest absolute Gasteiger partial charge is 0.132 e. The SMILES string of the molecule is Fc1cccc2c1ccn2CCNCc1ccco1. The molecule has 0 radical (unpaired) electrons. The first kappa shape index (κ1) is 12.0. The number of hydrogen-bond donors (Lipinski definition) is 1. The van der Waals surface area contributed by atoms with Gasteiger partial charge in [0, 0.05) is 24.7 Å². The van der Waals surface area contributed by atoms with Gasteiger partial charge in [0.05, 0.1) is 18.3 Å². The van der Waals surface area contributed by atoms with Crippen molar-refractivity contribution in [1.29, 1.82) is 0 Å². The molecule has 1 N–H and O–H groups in total. The van der Waals surface area contributed by atoms with Gasteiger partial charge in [-0.05, 0) is 30.3 Å². The number of rotatable bonds is 5. The first-order valence-electron chi connectivity index (χ1n) is 6.31. The summed E-state index contributed by atoms with van der Waals surface area (Å²) in [7, 11) is 0. The molecule has 0 amide bonds. The summed E-state index contributed by atoms with van der Waals surface area (Å²) in [5.41, 5.74) is 0.930. The summed E-state index contributed by atoms with van der Waals surface area (Å²) in [6.07, 6.45) is 3.58. The molecule has 0 spiro atoms. The molecule has 3 aromatic rings. The van der Waals surface area contributed by atoms with Gasteiger partial charge < -0.3 is 14.3 Å². The zero-order chi connectivity index (χ0) is 13.1. The van der Waals surface area contributed by atoms with Crippen LogP contribution in [0.15, 0.2) is 53.3 Å². The fourth-order valence-corrected chi connectivity index (χ4v) is 2.21. The molecule has 0 aliphatic rings. The lowest BCUT2D eigenvalue weighted by Gasteiger charge is -2.06. The maximum atomic E-state index is 13.5. The van der Waals surface area contributed by atoms with Crippen LogP contribution in [0.2, 0.25) is 0 Å². The molecule has 98 valence electrons. The number of halogens is 1. The second kappa shape index (κ2) is 5.28. The molecule has 0 aliphatic heterocycles. The van der Waals surface area contributed by atoms with Crippen LogP contribution in [0.25, 0.3) is 10.9 Å². The van der Waals surface area contributed by atoms with Crippen molar-refractivity contribution in [3.8, 4) is 0 Å². The van der Waals surface area contributed by atoms with Gasteiger partial charge in [-0.1, -0.05) is 6.07 Å². The van der Waals surface area contributed by atoms with E-state index in [1.54, 1.807) is 12.3 Å². The summed E-state index contributed by atoms with van der Waals surface area (Å²) in [6.45, 7) is 2.31. The Bertz CT molecular complexity index is 658. The lowest BCUT2D eigenvalue weighted by molar-refractivity contribution is 0.477. The van der Waals surface area contributed by atoms with Crippen LogP contribution in [0.4, 0.5) is 4.39 Å². The van der Waals surface area contributed by atoms with Crippen LogP contribution in [0.5, 0.6) is 0 Å². The van der Waals surface area contributed by atoms with Gasteiger partial charge in [-0.2, -0.15) is 0 Å². The first-order valence-corrected chi connectivity index (χ1v) is 6.31. The van der Waals surface area contributed by atoms with Crippen LogP contribution in [0.1, 0.15) is 5.76 Å². The summed E-state index contributed by atoms with van der Waals surface area (Å²) < 4.78 is 20.8. The predicted molar refractivity (Wildman–Crippen MR) is 72.3 cm³/mol. The highest BCUT2D eigenvalue weighted by Crippen LogP contribution is 2.18. The van der Waals surface area contributed by atoms with E-state index in [1.807, 2.05) is 35.0 Å². The fourth-order valence-electron chi connectivity index (χ4n) is 2.21. The maximum absolute atomic E-state index is 13.5. The van der Waals surface area contributed by atoms with E-state index in [1.165, 1.54) is 6.07 Å². The van der Waals surface area contributed by atoms with Crippen molar-refractivity contribution in [2.24, 2.45) is 0 Å². The van der Waals surface area contributed by atoms with Gasteiger partial charge in [-0.3, -0.25) is 0 Å². The van der Waals surface area contributed by atoms with E-state index in [0.717, 1.165) is 24.4 Å². The largest absolute Gasteiger partial charge is 0.468 e. The van der Waals surface area contributed by atoms with E-state index >= 15 is 0 Å². The van der Waals surface area contributed by atoms with Crippen molar-refractivity contribution >= 4 is 10.9 Å². The highest BCUT2D eigenvalue weighted by atomic mass is 19.1. The van der Waals surface area contributed by atoms with Crippen molar-refractivity contribution < 1.29 is 8.81 Å². The highest BCUT2D eigenvalue weighted by Gasteiger charge is 2.04. The third-order valence-electron chi connectivity index (χ3n) is 3.17. The van der Waals surface area contributed by atoms with E-state index in [-0.39, 0.29) is 5.82 Å². The summed E-state index contributed by atoms with van der Waals surface area (Å²) >= 11 is 0. The third-order valence-corrected chi connectivity index (χ3v) is 3.17. The highest BCUT2D eigenvalue weighted by molar-refractivity contribution is 5.80. The van der Waals surface area contributed by atoms with E-state index in [9.17, 15) is 4.39 Å². The van der Waals surface area contributed by atoms with Gasteiger partial charge in [-0.25, -0.2) is 4.39 Å². The van der Waals surface area contributed by atoms with Gasteiger partial charge in [0.25, 0.3) is 0 Å². The molecular formula is C15H15FN2O. The molecule has 2 heterocycles. The Morgan fingerprint density at radius 2 is 2.11 bits per heavy atom. The quantitative estimate of drug-likeness (QED) is 0.712. The molecule has 3 nitrogen and oxygen atoms in total. The summed E-state index contributed by atoms with van der Waals surface area (Å²) in [5.74, 6) is 0.753. The molecule has 3 rings (SSSR count). The Morgan fingerprint density at radius 3 is 2.95 bits per heavy atom. The van der Waals surface area contributed by atoms with E-state index < -0.39 is 0 Å². The van der Waals surface area contributed by atoms with Crippen LogP contribution in [0.3, 0.4) is 0 Å². The molecule has 0 saturated heterocycles. The van der Waals surface area contributed by atoms with E-state index in [0.29, 0.717) is 11.9 Å². The topological polar surface area (TPSA) is 30.1 Å². The molecule has 0 atom stereocenters. The number of aromatic nitrogens is 1. The Morgan fingerprint density at radius 1 is 1.16 bits per heavy atom. The molecular weight excluding hydrogens is 243 g/mol. The minimum Gasteiger partial charge on any atom is -0.468 e. The van der Waals surface area contributed by atoms with Gasteiger partial charge in [0.1, 0.15) is 11.6 Å². The monoisotopic (exact) mass is 258 g/mol. The fraction of sp³-hybridized carbons (Fsp3) is 0.200. The normalized spacial score (nSPS) is 11.2. The van der Waals surface area contributed by atoms with Crippen molar-refractivity contribution in [3.63, 3.8) is 0 Å². The number of furan rings is 1. The van der Waals surface area contributed by atoms with Crippen molar-refractivity contribution in [3.05, 3.63) is 60.4 Å². The maximum Gasteiger partial charge on any atom is 0.132 e. The Labute approximate surface area is 110 Å². The number of hydrogen-bond acceptors (Lipinski definition) is 2. The molecule has 0 bridgehead atoms. The van der Waals surface area contributed by atoms with Gasteiger partial charge in [0.2, 0.25) is 0 Å². The second-order valence-electron chi connectivity index (χ2n) is 4.44. The number of benzene rings is 1. The van der Waals surface area contributed by atoms with Gasteiger partial charge >= 0.3 is 0 Å². The molecule has 2 aromatic heterocycles. The van der Waals surface area contributed by atoms with Gasteiger partial charge in [0.15, 0.2) is 0 Å². The Kier molecular flexibility index (Phi) is 3.33. The minimum atomic E-state index is -0.167. The summed E-state index contributed by atoms with van der Waals surface area (Å²) in [4.78, 5) is 0. The molecule has 0 unspecified atom stereocenters. The lowest BCUT2D eigenvalue weighted by Crippen LogP contribution is -2.18. The van der Waals surface area contributed by atoms with Gasteiger partial charge in [-0.15, -0.1) is 0 Å². The molecule has 4 heteroatoms. The van der Waals surface area contributed by atoms with Crippen LogP contribution in [-0.2, 0) is 13.1 Å². The number of nitrogens with one attached hydrogen (secondary N) is 1. The second-order valence-corrected chi connectivity index (χ2v) is 4.44. The average Bonchev–Trinajstić information content (AvgIpc) is 3.05. The zero-order valence-corrected chi connectivity index (χ0v) is 10.5. The van der Waals surface area contributed by atoms with Crippen LogP contribution < -0.4 is 5.32 Å². The summed E-state index contributed by atoms with van der Waals surface area (Å²) in [6, 6.07) is 10.8. The van der Waals surface area contributed by atoms with Crippen LogP contribution in [-0.4, -0.2) is 11.1 Å². The standard InChI is InChI=1S/C15H15FN2O/c16-14-4-1-5-15-13(14)6-8-18(15)9-7-17-11-12-3-2-10-19-12/h1-6,8,10,17H,7,9,11H2. The van der Waals surface area contributed by atoms with E-state index in [4.69, 9.17) is 4.42 Å². The van der Waals surface area contributed by atoms with Crippen molar-refractivity contribution in [1.82, 2.24) is 9.88 Å². The van der Waals surface area contributed by atoms with Crippen LogP contribution in [0, 0.1) is 5.82 Å². The number of fused-ring (bicyclic) bond motifs is 1. The molecule has 1 aromatic carbocycles. The molecule has 19 heavy (non-hydrogen) atoms. The lowest BCUT2D eigenvalue weighted by atomic mass is 10.2. The zero-order valence-electron chi connectivity index (χ0n) is 10.5. The number of nitrogens with zero attached hydrogens (tertiary/aromatic N) is 1. The molecule has 0 saturated carbocycles. The summed E-state index contributed by atoms with van der Waals surface area (Å²) in [5, 5.41) is 3.97. The predicted octanol–water partition coefficient (Wildman–Crippen LogP) is 3.16. The molecule has 0 fully saturated rings. The minimum absolute atomic E-state index is 0.167. The van der Waals surface area contributed by atoms with Crippen molar-refractivity contribution in [2.75, 3.05) is 6.54 Å². The Balaban J connectivity index is 1.61. The van der Waals surface area contributed by atoms with Crippen molar-refractivity contribution in [2.45, 2.75) is 13.1 Å². The third kappa shape index (κ3) is 2.53. The average molecular weight is 258 g/mol. The van der Waals surface area contributed by atoms with E-state index in [2.05, 4.69) is 5.32 Å². The molecule has 0 aliphatic carbocycles. The van der Waals surface area contributed by atoms with Crippen LogP contribution >= 0.6 is 0 Å². The first-order chi connectivity index (χ1) is 9.34. The Hall–Kier alpha value is -2.07.